The Morgan fingerprint density at radius 3 is 2.48 bits per heavy atom. The molecule has 0 aliphatic carbocycles. The van der Waals surface area contributed by atoms with Crippen LogP contribution < -0.4 is 11.5 Å². The molecule has 1 unspecified atom stereocenters. The molecular weight excluding hydrogens is 292 g/mol. The van der Waals surface area contributed by atoms with Crippen molar-refractivity contribution < 1.29 is 9.90 Å². The zero-order chi connectivity index (χ0) is 16.7. The minimum absolute atomic E-state index is 0.385. The number of hydrogen-bond donors (Lipinski definition) is 3. The summed E-state index contributed by atoms with van der Waals surface area (Å²) in [6, 6.07) is 12.4. The maximum absolute atomic E-state index is 10.4. The van der Waals surface area contributed by atoms with Gasteiger partial charge >= 0.3 is 5.97 Å². The van der Waals surface area contributed by atoms with Gasteiger partial charge in [0.1, 0.15) is 11.9 Å². The first-order valence-corrected chi connectivity index (χ1v) is 7.04. The standard InChI is InChI=1S/C9H11NO2.C8H7N3/c10-8(9(11)12)6-7-4-2-1-3-5-7;9-8-7-5-10-3-1-6(7)2-4-11-8/h1-5,8H,6,10H2,(H,11,12);1-5H,(H2,9,11). The number of aromatic nitrogens is 2. The quantitative estimate of drug-likeness (QED) is 0.680. The molecule has 0 radical (unpaired) electrons. The van der Waals surface area contributed by atoms with Crippen molar-refractivity contribution in [3.63, 3.8) is 0 Å². The zero-order valence-electron chi connectivity index (χ0n) is 12.5. The van der Waals surface area contributed by atoms with Crippen LogP contribution in [-0.2, 0) is 11.2 Å². The van der Waals surface area contributed by atoms with Crippen LogP contribution >= 0.6 is 0 Å². The molecule has 1 aromatic carbocycles. The highest BCUT2D eigenvalue weighted by atomic mass is 16.4. The Kier molecular flexibility index (Phi) is 5.60. The summed E-state index contributed by atoms with van der Waals surface area (Å²) in [5, 5.41) is 10.5. The maximum Gasteiger partial charge on any atom is 0.320 e. The molecule has 0 bridgehead atoms. The Morgan fingerprint density at radius 1 is 1.13 bits per heavy atom. The summed E-state index contributed by atoms with van der Waals surface area (Å²) in [6.07, 6.45) is 5.54. The number of fused-ring (bicyclic) bond motifs is 1. The van der Waals surface area contributed by atoms with Crippen LogP contribution in [0.1, 0.15) is 5.56 Å². The van der Waals surface area contributed by atoms with E-state index in [2.05, 4.69) is 9.97 Å². The second-order valence-corrected chi connectivity index (χ2v) is 4.93. The third-order valence-corrected chi connectivity index (χ3v) is 3.21. The van der Waals surface area contributed by atoms with Crippen molar-refractivity contribution in [2.75, 3.05) is 5.73 Å². The summed E-state index contributed by atoms with van der Waals surface area (Å²) >= 11 is 0. The molecule has 2 heterocycles. The number of aliphatic carboxylic acids is 1. The van der Waals surface area contributed by atoms with Gasteiger partial charge in [-0.2, -0.15) is 0 Å². The summed E-state index contributed by atoms with van der Waals surface area (Å²) in [4.78, 5) is 18.3. The Morgan fingerprint density at radius 2 is 1.83 bits per heavy atom. The number of benzene rings is 1. The van der Waals surface area contributed by atoms with Gasteiger partial charge in [-0.05, 0) is 29.5 Å². The van der Waals surface area contributed by atoms with Gasteiger partial charge in [-0.1, -0.05) is 30.3 Å². The van der Waals surface area contributed by atoms with Crippen molar-refractivity contribution in [1.29, 1.82) is 0 Å². The summed E-state index contributed by atoms with van der Waals surface area (Å²) in [6.45, 7) is 0. The van der Waals surface area contributed by atoms with E-state index in [9.17, 15) is 4.79 Å². The van der Waals surface area contributed by atoms with E-state index in [0.717, 1.165) is 16.3 Å². The SMILES string of the molecule is NC(Cc1ccccc1)C(=O)O.Nc1nccc2ccncc12. The smallest absolute Gasteiger partial charge is 0.320 e. The van der Waals surface area contributed by atoms with Crippen LogP contribution in [0.2, 0.25) is 0 Å². The van der Waals surface area contributed by atoms with Crippen molar-refractivity contribution in [2.45, 2.75) is 12.5 Å². The van der Waals surface area contributed by atoms with Gasteiger partial charge < -0.3 is 16.6 Å². The van der Waals surface area contributed by atoms with E-state index in [1.165, 1.54) is 0 Å². The van der Waals surface area contributed by atoms with Crippen LogP contribution in [0.3, 0.4) is 0 Å². The number of carboxylic acid groups (broad SMARTS) is 1. The molecule has 1 atom stereocenters. The topological polar surface area (TPSA) is 115 Å². The molecule has 0 spiro atoms. The second kappa shape index (κ2) is 7.86. The molecule has 3 rings (SSSR count). The molecule has 6 nitrogen and oxygen atoms in total. The van der Waals surface area contributed by atoms with Crippen LogP contribution in [0.15, 0.2) is 61.1 Å². The highest BCUT2D eigenvalue weighted by molar-refractivity contribution is 5.89. The van der Waals surface area contributed by atoms with E-state index in [0.29, 0.717) is 12.2 Å². The Bertz CT molecular complexity index is 772. The summed E-state index contributed by atoms with van der Waals surface area (Å²) < 4.78 is 0. The van der Waals surface area contributed by atoms with Crippen LogP contribution in [-0.4, -0.2) is 27.1 Å². The molecule has 6 heteroatoms. The number of anilines is 1. The fourth-order valence-corrected chi connectivity index (χ4v) is 1.99. The minimum Gasteiger partial charge on any atom is -0.480 e. The average Bonchev–Trinajstić information content (AvgIpc) is 2.57. The molecule has 5 N–H and O–H groups in total. The Labute approximate surface area is 133 Å². The minimum atomic E-state index is -0.959. The van der Waals surface area contributed by atoms with Gasteiger partial charge in [0.15, 0.2) is 0 Å². The molecule has 0 saturated heterocycles. The third-order valence-electron chi connectivity index (χ3n) is 3.21. The molecule has 2 aromatic heterocycles. The summed E-state index contributed by atoms with van der Waals surface area (Å²) in [5.74, 6) is -0.422. The van der Waals surface area contributed by atoms with Crippen LogP contribution in [0.5, 0.6) is 0 Å². The lowest BCUT2D eigenvalue weighted by Crippen LogP contribution is -2.32. The molecule has 0 fully saturated rings. The van der Waals surface area contributed by atoms with Gasteiger partial charge in [0.2, 0.25) is 0 Å². The van der Waals surface area contributed by atoms with E-state index in [-0.39, 0.29) is 0 Å². The first-order valence-electron chi connectivity index (χ1n) is 7.04. The number of nitrogens with zero attached hydrogens (tertiary/aromatic N) is 2. The van der Waals surface area contributed by atoms with Gasteiger partial charge in [-0.25, -0.2) is 4.98 Å². The molecule has 118 valence electrons. The van der Waals surface area contributed by atoms with Crippen molar-refractivity contribution >= 4 is 22.6 Å². The number of nitrogens with two attached hydrogens (primary N) is 2. The number of hydrogen-bond acceptors (Lipinski definition) is 5. The molecule has 3 aromatic rings. The van der Waals surface area contributed by atoms with E-state index in [4.69, 9.17) is 16.6 Å². The predicted octanol–water partition coefficient (Wildman–Crippen LogP) is 1.85. The maximum atomic E-state index is 10.4. The lowest BCUT2D eigenvalue weighted by atomic mass is 10.1. The van der Waals surface area contributed by atoms with Gasteiger partial charge in [-0.3, -0.25) is 9.78 Å². The van der Waals surface area contributed by atoms with E-state index < -0.39 is 12.0 Å². The van der Waals surface area contributed by atoms with Crippen molar-refractivity contribution in [2.24, 2.45) is 5.73 Å². The van der Waals surface area contributed by atoms with Crippen molar-refractivity contribution in [3.05, 3.63) is 66.6 Å². The first-order chi connectivity index (χ1) is 11.1. The van der Waals surface area contributed by atoms with Crippen LogP contribution in [0, 0.1) is 0 Å². The molecule has 0 aliphatic rings. The number of carboxylic acids is 1. The lowest BCUT2D eigenvalue weighted by Gasteiger charge is -2.04. The average molecular weight is 310 g/mol. The van der Waals surface area contributed by atoms with Gasteiger partial charge in [0, 0.05) is 24.0 Å². The van der Waals surface area contributed by atoms with Gasteiger partial charge in [-0.15, -0.1) is 0 Å². The number of nitrogen functional groups attached to an aromatic ring is 1. The van der Waals surface area contributed by atoms with Gasteiger partial charge in [0.05, 0.1) is 0 Å². The van der Waals surface area contributed by atoms with Gasteiger partial charge in [0.25, 0.3) is 0 Å². The normalized spacial score (nSPS) is 11.3. The van der Waals surface area contributed by atoms with Crippen LogP contribution in [0.4, 0.5) is 5.82 Å². The number of pyridine rings is 2. The fraction of sp³-hybridized carbons (Fsp3) is 0.118. The highest BCUT2D eigenvalue weighted by Crippen LogP contribution is 2.15. The largest absolute Gasteiger partial charge is 0.480 e. The fourth-order valence-electron chi connectivity index (χ4n) is 1.99. The van der Waals surface area contributed by atoms with E-state index in [1.807, 2.05) is 42.5 Å². The van der Waals surface area contributed by atoms with Crippen LogP contribution in [0.25, 0.3) is 10.8 Å². The van der Waals surface area contributed by atoms with Crippen molar-refractivity contribution in [3.8, 4) is 0 Å². The molecule has 0 aliphatic heterocycles. The van der Waals surface area contributed by atoms with E-state index in [1.54, 1.807) is 18.6 Å². The second-order valence-electron chi connectivity index (χ2n) is 4.93. The van der Waals surface area contributed by atoms with E-state index >= 15 is 0 Å². The zero-order valence-corrected chi connectivity index (χ0v) is 12.5. The third kappa shape index (κ3) is 4.76. The highest BCUT2D eigenvalue weighted by Gasteiger charge is 2.10. The number of rotatable bonds is 3. The molecule has 0 amide bonds. The summed E-state index contributed by atoms with van der Waals surface area (Å²) in [7, 11) is 0. The first kappa shape index (κ1) is 16.4. The lowest BCUT2D eigenvalue weighted by molar-refractivity contribution is -0.138. The monoisotopic (exact) mass is 310 g/mol. The molecule has 23 heavy (non-hydrogen) atoms. The Hall–Kier alpha value is -2.99. The van der Waals surface area contributed by atoms with Crippen molar-refractivity contribution in [1.82, 2.24) is 9.97 Å². The molecular formula is C17H18N4O2. The number of carbonyl (C=O) groups is 1. The Balaban J connectivity index is 0.000000167. The predicted molar refractivity (Wildman–Crippen MR) is 89.7 cm³/mol. The summed E-state index contributed by atoms with van der Waals surface area (Å²) in [5.41, 5.74) is 11.9. The molecule has 0 saturated carbocycles.